The Bertz CT molecular complexity index is 1960. The molecule has 0 amide bonds. The highest BCUT2D eigenvalue weighted by atomic mass is 16.7. The first-order chi connectivity index (χ1) is 23.6. The van der Waals surface area contributed by atoms with Crippen LogP contribution in [-0.2, 0) is 35.2 Å². The van der Waals surface area contributed by atoms with E-state index in [4.69, 9.17) is 31.8 Å². The molecule has 0 aliphatic carbocycles. The number of terminal acetylenes is 2. The molecule has 0 unspecified atom stereocenters. The van der Waals surface area contributed by atoms with Gasteiger partial charge in [-0.3, -0.25) is 0 Å². The highest BCUT2D eigenvalue weighted by Crippen LogP contribution is 2.48. The molecule has 0 aliphatic heterocycles. The van der Waals surface area contributed by atoms with E-state index in [1.807, 2.05) is 24.3 Å². The standard InChI is InChI=1S/C44H38O4/c1-5-35-27-37-25-33(19-17-31-13-9-7-10-14-31)21-23-39(37)41(43(35)47-29-45-3)42-40-24-22-34(20-18-32-15-11-8-12-16-32)26-38(40)28-36(6-2)44(42)48-30-46-4/h1-2,7-16,21-28H,17-20,29-30H2,3-4H3. The van der Waals surface area contributed by atoms with Crippen molar-refractivity contribution in [2.45, 2.75) is 25.7 Å². The monoisotopic (exact) mass is 630 g/mol. The average molecular weight is 631 g/mol. The number of rotatable bonds is 13. The second-order valence-corrected chi connectivity index (χ2v) is 11.7. The molecule has 0 spiro atoms. The van der Waals surface area contributed by atoms with Crippen LogP contribution in [0.1, 0.15) is 33.4 Å². The maximum absolute atomic E-state index is 6.30. The zero-order chi connectivity index (χ0) is 33.3. The first-order valence-corrected chi connectivity index (χ1v) is 16.1. The Hall–Kier alpha value is -5.52. The van der Waals surface area contributed by atoms with Gasteiger partial charge in [0.15, 0.2) is 13.6 Å². The average Bonchev–Trinajstić information content (AvgIpc) is 3.14. The molecule has 0 fully saturated rings. The largest absolute Gasteiger partial charge is 0.466 e. The van der Waals surface area contributed by atoms with E-state index in [2.05, 4.69) is 96.8 Å². The molecule has 238 valence electrons. The fourth-order valence-electron chi connectivity index (χ4n) is 6.30. The number of benzene rings is 6. The van der Waals surface area contributed by atoms with E-state index in [0.29, 0.717) is 22.6 Å². The van der Waals surface area contributed by atoms with Crippen LogP contribution in [0.4, 0.5) is 0 Å². The fraction of sp³-hybridized carbons (Fsp3) is 0.182. The Labute approximate surface area is 283 Å². The van der Waals surface area contributed by atoms with Crippen LogP contribution in [0, 0.1) is 24.7 Å². The summed E-state index contributed by atoms with van der Waals surface area (Å²) in [5.74, 6) is 6.83. The Morgan fingerprint density at radius 1 is 0.479 bits per heavy atom. The number of aryl methyl sites for hydroxylation is 4. The summed E-state index contributed by atoms with van der Waals surface area (Å²) in [6, 6.07) is 38.1. The third-order valence-corrected chi connectivity index (χ3v) is 8.61. The van der Waals surface area contributed by atoms with Crippen molar-refractivity contribution < 1.29 is 18.9 Å². The van der Waals surface area contributed by atoms with Gasteiger partial charge < -0.3 is 18.9 Å². The summed E-state index contributed by atoms with van der Waals surface area (Å²) in [4.78, 5) is 0. The van der Waals surface area contributed by atoms with Crippen molar-refractivity contribution in [1.82, 2.24) is 0 Å². The molecule has 0 bridgehead atoms. The van der Waals surface area contributed by atoms with Crippen LogP contribution in [0.5, 0.6) is 11.5 Å². The molecule has 0 heterocycles. The van der Waals surface area contributed by atoms with Gasteiger partial charge in [-0.1, -0.05) is 109 Å². The smallest absolute Gasteiger partial charge is 0.188 e. The number of hydrogen-bond acceptors (Lipinski definition) is 4. The van der Waals surface area contributed by atoms with Gasteiger partial charge in [0, 0.05) is 25.3 Å². The van der Waals surface area contributed by atoms with Crippen LogP contribution < -0.4 is 9.47 Å². The molecule has 0 saturated carbocycles. The maximum atomic E-state index is 6.30. The number of fused-ring (bicyclic) bond motifs is 2. The Kier molecular flexibility index (Phi) is 10.4. The van der Waals surface area contributed by atoms with E-state index in [0.717, 1.165) is 58.4 Å². The van der Waals surface area contributed by atoms with Crippen molar-refractivity contribution >= 4 is 21.5 Å². The second kappa shape index (κ2) is 15.4. The van der Waals surface area contributed by atoms with Crippen LogP contribution in [0.2, 0.25) is 0 Å². The molecular formula is C44H38O4. The van der Waals surface area contributed by atoms with Crippen molar-refractivity contribution in [2.24, 2.45) is 0 Å². The Morgan fingerprint density at radius 2 is 0.875 bits per heavy atom. The molecule has 0 aliphatic rings. The van der Waals surface area contributed by atoms with Gasteiger partial charge in [0.05, 0.1) is 11.1 Å². The minimum absolute atomic E-state index is 0.0208. The third kappa shape index (κ3) is 7.07. The number of ether oxygens (including phenoxy) is 4. The van der Waals surface area contributed by atoms with Gasteiger partial charge in [0.2, 0.25) is 0 Å². The molecule has 0 saturated heterocycles. The molecule has 4 nitrogen and oxygen atoms in total. The lowest BCUT2D eigenvalue weighted by atomic mass is 9.87. The van der Waals surface area contributed by atoms with Gasteiger partial charge in [-0.05, 0) is 81.6 Å². The zero-order valence-corrected chi connectivity index (χ0v) is 27.4. The molecule has 48 heavy (non-hydrogen) atoms. The van der Waals surface area contributed by atoms with Crippen LogP contribution in [-0.4, -0.2) is 27.8 Å². The predicted molar refractivity (Wildman–Crippen MR) is 195 cm³/mol. The Balaban J connectivity index is 1.56. The first-order valence-electron chi connectivity index (χ1n) is 16.1. The molecule has 0 aromatic heterocycles. The van der Waals surface area contributed by atoms with Gasteiger partial charge in [-0.25, -0.2) is 0 Å². The van der Waals surface area contributed by atoms with E-state index in [1.165, 1.54) is 22.3 Å². The van der Waals surface area contributed by atoms with E-state index in [9.17, 15) is 0 Å². The van der Waals surface area contributed by atoms with E-state index < -0.39 is 0 Å². The quantitative estimate of drug-likeness (QED) is 0.0942. The van der Waals surface area contributed by atoms with Crippen LogP contribution in [0.25, 0.3) is 32.7 Å². The Morgan fingerprint density at radius 3 is 1.25 bits per heavy atom. The van der Waals surface area contributed by atoms with E-state index in [1.54, 1.807) is 14.2 Å². The molecule has 6 rings (SSSR count). The van der Waals surface area contributed by atoms with Crippen molar-refractivity contribution in [3.8, 4) is 47.3 Å². The highest BCUT2D eigenvalue weighted by Gasteiger charge is 2.24. The van der Waals surface area contributed by atoms with E-state index >= 15 is 0 Å². The summed E-state index contributed by atoms with van der Waals surface area (Å²) in [6.45, 7) is 0.0417. The third-order valence-electron chi connectivity index (χ3n) is 8.61. The summed E-state index contributed by atoms with van der Waals surface area (Å²) in [6.07, 6.45) is 16.0. The van der Waals surface area contributed by atoms with Crippen LogP contribution in [0.15, 0.2) is 109 Å². The minimum Gasteiger partial charge on any atom is -0.466 e. The lowest BCUT2D eigenvalue weighted by molar-refractivity contribution is 0.0500. The summed E-state index contributed by atoms with van der Waals surface area (Å²) in [5, 5.41) is 3.94. The maximum Gasteiger partial charge on any atom is 0.188 e. The zero-order valence-electron chi connectivity index (χ0n) is 27.4. The highest BCUT2D eigenvalue weighted by molar-refractivity contribution is 6.11. The number of hydrogen-bond donors (Lipinski definition) is 0. The second-order valence-electron chi connectivity index (χ2n) is 11.7. The van der Waals surface area contributed by atoms with E-state index in [-0.39, 0.29) is 13.6 Å². The topological polar surface area (TPSA) is 36.9 Å². The first kappa shape index (κ1) is 32.4. The summed E-state index contributed by atoms with van der Waals surface area (Å²) in [7, 11) is 3.18. The van der Waals surface area contributed by atoms with Crippen LogP contribution in [0.3, 0.4) is 0 Å². The molecule has 0 atom stereocenters. The van der Waals surface area contributed by atoms with Gasteiger partial charge in [-0.15, -0.1) is 12.8 Å². The van der Waals surface area contributed by atoms with Crippen LogP contribution >= 0.6 is 0 Å². The van der Waals surface area contributed by atoms with Crippen molar-refractivity contribution in [2.75, 3.05) is 27.8 Å². The molecule has 6 aromatic rings. The summed E-state index contributed by atoms with van der Waals surface area (Å²) >= 11 is 0. The van der Waals surface area contributed by atoms with Gasteiger partial charge in [0.25, 0.3) is 0 Å². The van der Waals surface area contributed by atoms with Gasteiger partial charge in [0.1, 0.15) is 11.5 Å². The molecule has 0 radical (unpaired) electrons. The number of methoxy groups -OCH3 is 2. The molecule has 0 N–H and O–H groups in total. The van der Waals surface area contributed by atoms with Crippen molar-refractivity contribution in [3.63, 3.8) is 0 Å². The van der Waals surface area contributed by atoms with Gasteiger partial charge >= 0.3 is 0 Å². The fourth-order valence-corrected chi connectivity index (χ4v) is 6.30. The SMILES string of the molecule is C#Cc1cc2cc(CCc3ccccc3)ccc2c(-c2c(OCOC)c(C#C)cc3cc(CCc4ccccc4)ccc23)c1OCOC. The lowest BCUT2D eigenvalue weighted by Gasteiger charge is -2.22. The lowest BCUT2D eigenvalue weighted by Crippen LogP contribution is -2.06. The predicted octanol–water partition coefficient (Wildman–Crippen LogP) is 9.16. The van der Waals surface area contributed by atoms with Gasteiger partial charge in [-0.2, -0.15) is 0 Å². The van der Waals surface area contributed by atoms with Crippen molar-refractivity contribution in [3.05, 3.63) is 143 Å². The summed E-state index contributed by atoms with van der Waals surface area (Å²) < 4.78 is 23.3. The molecule has 6 aromatic carbocycles. The minimum atomic E-state index is 0.0208. The summed E-state index contributed by atoms with van der Waals surface area (Å²) in [5.41, 5.74) is 7.86. The normalized spacial score (nSPS) is 10.9. The molecular weight excluding hydrogens is 592 g/mol. The van der Waals surface area contributed by atoms with Crippen molar-refractivity contribution in [1.29, 1.82) is 0 Å². The molecule has 4 heteroatoms.